The van der Waals surface area contributed by atoms with Crippen LogP contribution in [-0.4, -0.2) is 17.3 Å². The standard InChI is InChI=1S/C17H26OS/c1-13(2)11-19-12-16(18)10-14-6-8-15(9-7-14)17(3,4)5/h6-9,13H,10-12H2,1-5H3. The normalized spacial score (nSPS) is 11.9. The van der Waals surface area contributed by atoms with E-state index in [2.05, 4.69) is 58.9 Å². The molecule has 0 bridgehead atoms. The molecule has 106 valence electrons. The highest BCUT2D eigenvalue weighted by Crippen LogP contribution is 2.22. The highest BCUT2D eigenvalue weighted by Gasteiger charge is 2.13. The van der Waals surface area contributed by atoms with E-state index < -0.39 is 0 Å². The van der Waals surface area contributed by atoms with Gasteiger partial charge in [0.25, 0.3) is 0 Å². The molecular formula is C17H26OS. The predicted octanol–water partition coefficient (Wildman–Crippen LogP) is 4.48. The van der Waals surface area contributed by atoms with Crippen LogP contribution in [0, 0.1) is 5.92 Å². The second kappa shape index (κ2) is 7.14. The van der Waals surface area contributed by atoms with Crippen molar-refractivity contribution < 1.29 is 4.79 Å². The molecule has 0 saturated heterocycles. The number of hydrogen-bond acceptors (Lipinski definition) is 2. The zero-order valence-corrected chi connectivity index (χ0v) is 13.6. The van der Waals surface area contributed by atoms with Gasteiger partial charge in [0.2, 0.25) is 0 Å². The number of Topliss-reactive ketones (excluding diaryl/α,β-unsaturated/α-hetero) is 1. The third-order valence-corrected chi connectivity index (χ3v) is 4.36. The Hall–Kier alpha value is -0.760. The van der Waals surface area contributed by atoms with Crippen molar-refractivity contribution >= 4 is 17.5 Å². The van der Waals surface area contributed by atoms with Gasteiger partial charge < -0.3 is 0 Å². The first-order chi connectivity index (χ1) is 8.79. The zero-order valence-electron chi connectivity index (χ0n) is 12.8. The average molecular weight is 278 g/mol. The van der Waals surface area contributed by atoms with Gasteiger partial charge in [0.05, 0.1) is 5.75 Å². The number of rotatable bonds is 6. The van der Waals surface area contributed by atoms with Crippen LogP contribution in [-0.2, 0) is 16.6 Å². The first kappa shape index (κ1) is 16.3. The SMILES string of the molecule is CC(C)CSCC(=O)Cc1ccc(C(C)(C)C)cc1. The fraction of sp³-hybridized carbons (Fsp3) is 0.588. The molecule has 1 nitrogen and oxygen atoms in total. The van der Waals surface area contributed by atoms with Gasteiger partial charge in [0, 0.05) is 6.42 Å². The van der Waals surface area contributed by atoms with E-state index in [1.54, 1.807) is 11.8 Å². The third kappa shape index (κ3) is 6.29. The minimum Gasteiger partial charge on any atom is -0.298 e. The summed E-state index contributed by atoms with van der Waals surface area (Å²) in [6.07, 6.45) is 0.565. The molecule has 0 radical (unpaired) electrons. The van der Waals surface area contributed by atoms with Gasteiger partial charge in [0.15, 0.2) is 0 Å². The van der Waals surface area contributed by atoms with Crippen LogP contribution in [0.2, 0.25) is 0 Å². The smallest absolute Gasteiger partial charge is 0.147 e. The maximum Gasteiger partial charge on any atom is 0.147 e. The van der Waals surface area contributed by atoms with Crippen molar-refractivity contribution in [3.63, 3.8) is 0 Å². The largest absolute Gasteiger partial charge is 0.298 e. The second-order valence-electron chi connectivity index (χ2n) is 6.57. The molecule has 2 heteroatoms. The molecule has 0 amide bonds. The lowest BCUT2D eigenvalue weighted by molar-refractivity contribution is -0.116. The minimum absolute atomic E-state index is 0.176. The molecule has 0 spiro atoms. The highest BCUT2D eigenvalue weighted by molar-refractivity contribution is 7.99. The molecule has 0 saturated carbocycles. The van der Waals surface area contributed by atoms with E-state index in [4.69, 9.17) is 0 Å². The van der Waals surface area contributed by atoms with E-state index in [1.165, 1.54) is 5.56 Å². The topological polar surface area (TPSA) is 17.1 Å². The van der Waals surface area contributed by atoms with Crippen LogP contribution in [0.4, 0.5) is 0 Å². The Bertz CT molecular complexity index is 398. The van der Waals surface area contributed by atoms with Gasteiger partial charge in [-0.05, 0) is 28.2 Å². The number of hydrogen-bond donors (Lipinski definition) is 0. The average Bonchev–Trinajstić information content (AvgIpc) is 2.27. The Morgan fingerprint density at radius 1 is 1.16 bits per heavy atom. The Labute approximate surface area is 122 Å². The van der Waals surface area contributed by atoms with Gasteiger partial charge >= 0.3 is 0 Å². The van der Waals surface area contributed by atoms with Crippen molar-refractivity contribution in [2.24, 2.45) is 5.92 Å². The summed E-state index contributed by atoms with van der Waals surface area (Å²) in [5, 5.41) is 0. The van der Waals surface area contributed by atoms with E-state index in [0.29, 0.717) is 23.9 Å². The van der Waals surface area contributed by atoms with Crippen molar-refractivity contribution in [1.29, 1.82) is 0 Å². The number of benzene rings is 1. The van der Waals surface area contributed by atoms with Crippen LogP contribution >= 0.6 is 11.8 Å². The molecule has 0 aliphatic heterocycles. The van der Waals surface area contributed by atoms with Crippen molar-refractivity contribution in [3.05, 3.63) is 35.4 Å². The number of ketones is 1. The summed E-state index contributed by atoms with van der Waals surface area (Å²) >= 11 is 1.75. The van der Waals surface area contributed by atoms with Crippen LogP contribution in [0.5, 0.6) is 0 Å². The van der Waals surface area contributed by atoms with E-state index in [1.807, 2.05) is 0 Å². The minimum atomic E-state index is 0.176. The lowest BCUT2D eigenvalue weighted by atomic mass is 9.86. The fourth-order valence-corrected chi connectivity index (χ4v) is 2.73. The van der Waals surface area contributed by atoms with E-state index >= 15 is 0 Å². The summed E-state index contributed by atoms with van der Waals surface area (Å²) in [6, 6.07) is 8.46. The lowest BCUT2D eigenvalue weighted by Crippen LogP contribution is -2.11. The summed E-state index contributed by atoms with van der Waals surface area (Å²) in [6.45, 7) is 11.0. The molecule has 0 atom stereocenters. The maximum atomic E-state index is 11.9. The third-order valence-electron chi connectivity index (χ3n) is 2.94. The van der Waals surface area contributed by atoms with Gasteiger partial charge in [-0.3, -0.25) is 4.79 Å². The molecule has 19 heavy (non-hydrogen) atoms. The van der Waals surface area contributed by atoms with Crippen LogP contribution in [0.1, 0.15) is 45.7 Å². The molecule has 0 N–H and O–H groups in total. The first-order valence-electron chi connectivity index (χ1n) is 6.98. The highest BCUT2D eigenvalue weighted by atomic mass is 32.2. The van der Waals surface area contributed by atoms with Crippen LogP contribution < -0.4 is 0 Å². The van der Waals surface area contributed by atoms with Gasteiger partial charge in [-0.1, -0.05) is 58.9 Å². The number of carbonyl (C=O) groups is 1. The summed E-state index contributed by atoms with van der Waals surface area (Å²) < 4.78 is 0. The van der Waals surface area contributed by atoms with Crippen molar-refractivity contribution in [3.8, 4) is 0 Å². The lowest BCUT2D eigenvalue weighted by Gasteiger charge is -2.19. The molecule has 0 aromatic heterocycles. The molecule has 0 unspecified atom stereocenters. The van der Waals surface area contributed by atoms with E-state index in [0.717, 1.165) is 11.3 Å². The Morgan fingerprint density at radius 3 is 2.21 bits per heavy atom. The quantitative estimate of drug-likeness (QED) is 0.763. The monoisotopic (exact) mass is 278 g/mol. The summed E-state index contributed by atoms with van der Waals surface area (Å²) in [7, 11) is 0. The van der Waals surface area contributed by atoms with Crippen LogP contribution in [0.25, 0.3) is 0 Å². The molecule has 1 aromatic carbocycles. The van der Waals surface area contributed by atoms with Gasteiger partial charge in [-0.25, -0.2) is 0 Å². The molecule has 1 rings (SSSR count). The van der Waals surface area contributed by atoms with Crippen LogP contribution in [0.3, 0.4) is 0 Å². The van der Waals surface area contributed by atoms with Gasteiger partial charge in [0.1, 0.15) is 5.78 Å². The van der Waals surface area contributed by atoms with Crippen LogP contribution in [0.15, 0.2) is 24.3 Å². The maximum absolute atomic E-state index is 11.9. The van der Waals surface area contributed by atoms with Gasteiger partial charge in [-0.2, -0.15) is 11.8 Å². The Kier molecular flexibility index (Phi) is 6.12. The van der Waals surface area contributed by atoms with E-state index in [-0.39, 0.29) is 5.41 Å². The Morgan fingerprint density at radius 2 is 1.74 bits per heavy atom. The van der Waals surface area contributed by atoms with Crippen molar-refractivity contribution in [1.82, 2.24) is 0 Å². The first-order valence-corrected chi connectivity index (χ1v) is 8.13. The second-order valence-corrected chi connectivity index (χ2v) is 7.60. The Balaban J connectivity index is 2.47. The molecule has 1 aromatic rings. The summed E-state index contributed by atoms with van der Waals surface area (Å²) in [5.41, 5.74) is 2.62. The van der Waals surface area contributed by atoms with E-state index in [9.17, 15) is 4.79 Å². The van der Waals surface area contributed by atoms with Gasteiger partial charge in [-0.15, -0.1) is 0 Å². The molecule has 0 fully saturated rings. The number of carbonyl (C=O) groups excluding carboxylic acids is 1. The summed E-state index contributed by atoms with van der Waals surface area (Å²) in [4.78, 5) is 11.9. The molecular weight excluding hydrogens is 252 g/mol. The molecule has 0 aliphatic carbocycles. The fourth-order valence-electron chi connectivity index (χ4n) is 1.81. The summed E-state index contributed by atoms with van der Waals surface area (Å²) in [5.74, 6) is 2.69. The van der Waals surface area contributed by atoms with Crippen molar-refractivity contribution in [2.75, 3.05) is 11.5 Å². The predicted molar refractivity (Wildman–Crippen MR) is 86.0 cm³/mol. The number of thioether (sulfide) groups is 1. The van der Waals surface area contributed by atoms with Crippen molar-refractivity contribution in [2.45, 2.75) is 46.5 Å². The molecule has 0 aliphatic rings. The zero-order chi connectivity index (χ0) is 14.5. The molecule has 0 heterocycles.